The summed E-state index contributed by atoms with van der Waals surface area (Å²) in [5.41, 5.74) is 4.23. The number of benzene rings is 2. The molecule has 7 nitrogen and oxygen atoms in total. The van der Waals surface area contributed by atoms with E-state index in [0.29, 0.717) is 39.8 Å². The third-order valence-electron chi connectivity index (χ3n) is 4.41. The second kappa shape index (κ2) is 8.89. The molecule has 0 saturated carbocycles. The molecule has 9 heteroatoms. The maximum Gasteiger partial charge on any atom is 0.257 e. The Bertz CT molecular complexity index is 1180. The van der Waals surface area contributed by atoms with Crippen LogP contribution < -0.4 is 5.32 Å². The smallest absolute Gasteiger partial charge is 0.257 e. The summed E-state index contributed by atoms with van der Waals surface area (Å²) in [5.74, 6) is 1.23. The SMILES string of the molecule is Cc1ccc2oc(SCc3noc(CCC(=O)Nc4c(C)cccc4Cl)n3)nc2c1. The Balaban J connectivity index is 1.30. The fourth-order valence-electron chi connectivity index (χ4n) is 2.87. The van der Waals surface area contributed by atoms with Crippen LogP contribution in [0.2, 0.25) is 5.02 Å². The Hall–Kier alpha value is -2.84. The molecule has 1 amide bonds. The van der Waals surface area contributed by atoms with Crippen molar-refractivity contribution in [1.82, 2.24) is 15.1 Å². The van der Waals surface area contributed by atoms with E-state index < -0.39 is 0 Å². The van der Waals surface area contributed by atoms with Gasteiger partial charge < -0.3 is 14.3 Å². The largest absolute Gasteiger partial charge is 0.431 e. The fourth-order valence-corrected chi connectivity index (χ4v) is 3.82. The van der Waals surface area contributed by atoms with E-state index >= 15 is 0 Å². The number of halogens is 1. The van der Waals surface area contributed by atoms with Gasteiger partial charge >= 0.3 is 0 Å². The molecule has 4 rings (SSSR count). The van der Waals surface area contributed by atoms with Crippen LogP contribution >= 0.6 is 23.4 Å². The molecule has 2 heterocycles. The summed E-state index contributed by atoms with van der Waals surface area (Å²) in [6, 6.07) is 11.3. The van der Waals surface area contributed by atoms with Gasteiger partial charge in [0, 0.05) is 12.8 Å². The third kappa shape index (κ3) is 4.83. The van der Waals surface area contributed by atoms with Gasteiger partial charge in [-0.25, -0.2) is 4.98 Å². The molecule has 0 aliphatic carbocycles. The number of oxazole rings is 1. The predicted octanol–water partition coefficient (Wildman–Crippen LogP) is 5.34. The van der Waals surface area contributed by atoms with Gasteiger partial charge in [0.25, 0.3) is 5.22 Å². The van der Waals surface area contributed by atoms with Gasteiger partial charge in [-0.1, -0.05) is 46.7 Å². The molecule has 0 bridgehead atoms. The first kappa shape index (κ1) is 20.4. The summed E-state index contributed by atoms with van der Waals surface area (Å²) >= 11 is 7.53. The highest BCUT2D eigenvalue weighted by Gasteiger charge is 2.13. The van der Waals surface area contributed by atoms with Gasteiger partial charge in [0.05, 0.1) is 16.5 Å². The Morgan fingerprint density at radius 1 is 1.20 bits per heavy atom. The van der Waals surface area contributed by atoms with E-state index in [0.717, 1.165) is 22.2 Å². The summed E-state index contributed by atoms with van der Waals surface area (Å²) in [4.78, 5) is 21.0. The number of para-hydroxylation sites is 1. The van der Waals surface area contributed by atoms with Crippen LogP contribution in [0.3, 0.4) is 0 Å². The first-order valence-electron chi connectivity index (χ1n) is 9.34. The van der Waals surface area contributed by atoms with Gasteiger partial charge in [-0.2, -0.15) is 4.98 Å². The third-order valence-corrected chi connectivity index (χ3v) is 5.55. The van der Waals surface area contributed by atoms with Gasteiger partial charge in [-0.3, -0.25) is 4.79 Å². The van der Waals surface area contributed by atoms with Crippen molar-refractivity contribution in [2.24, 2.45) is 0 Å². The van der Waals surface area contributed by atoms with Crippen LogP contribution in [0.4, 0.5) is 5.69 Å². The lowest BCUT2D eigenvalue weighted by Gasteiger charge is -2.09. The number of carbonyl (C=O) groups excluding carboxylic acids is 1. The summed E-state index contributed by atoms with van der Waals surface area (Å²) in [6.07, 6.45) is 0.555. The zero-order valence-corrected chi connectivity index (χ0v) is 18.0. The molecule has 0 spiro atoms. The van der Waals surface area contributed by atoms with E-state index in [4.69, 9.17) is 20.5 Å². The Morgan fingerprint density at radius 2 is 2.07 bits per heavy atom. The van der Waals surface area contributed by atoms with Crippen LogP contribution in [0.25, 0.3) is 11.1 Å². The van der Waals surface area contributed by atoms with Crippen molar-refractivity contribution >= 4 is 46.1 Å². The number of aryl methyl sites for hydroxylation is 3. The topological polar surface area (TPSA) is 94.0 Å². The number of thioether (sulfide) groups is 1. The minimum atomic E-state index is -0.165. The Labute approximate surface area is 182 Å². The zero-order chi connectivity index (χ0) is 21.1. The maximum atomic E-state index is 12.2. The Morgan fingerprint density at radius 3 is 2.90 bits per heavy atom. The van der Waals surface area contributed by atoms with Crippen molar-refractivity contribution in [3.8, 4) is 0 Å². The number of fused-ring (bicyclic) bond motifs is 1. The number of nitrogens with one attached hydrogen (secondary N) is 1. The Kier molecular flexibility index (Phi) is 6.06. The van der Waals surface area contributed by atoms with E-state index in [1.165, 1.54) is 11.8 Å². The summed E-state index contributed by atoms with van der Waals surface area (Å²) in [6.45, 7) is 3.90. The normalized spacial score (nSPS) is 11.2. The van der Waals surface area contributed by atoms with Crippen LogP contribution in [-0.4, -0.2) is 21.0 Å². The van der Waals surface area contributed by atoms with Crippen LogP contribution in [0.5, 0.6) is 0 Å². The number of amides is 1. The minimum absolute atomic E-state index is 0.165. The summed E-state index contributed by atoms with van der Waals surface area (Å²) < 4.78 is 11.0. The molecule has 0 fully saturated rings. The van der Waals surface area contributed by atoms with E-state index in [1.807, 2.05) is 44.2 Å². The molecule has 0 radical (unpaired) electrons. The highest BCUT2D eigenvalue weighted by atomic mass is 35.5. The lowest BCUT2D eigenvalue weighted by Crippen LogP contribution is -2.13. The van der Waals surface area contributed by atoms with Gasteiger partial charge in [0.15, 0.2) is 11.4 Å². The number of rotatable bonds is 7. The van der Waals surface area contributed by atoms with Crippen molar-refractivity contribution in [3.05, 3.63) is 64.3 Å². The number of anilines is 1. The molecule has 2 aromatic heterocycles. The van der Waals surface area contributed by atoms with E-state index in [-0.39, 0.29) is 12.3 Å². The molecule has 154 valence electrons. The van der Waals surface area contributed by atoms with Crippen molar-refractivity contribution in [2.45, 2.75) is 37.7 Å². The van der Waals surface area contributed by atoms with E-state index in [9.17, 15) is 4.79 Å². The molecule has 0 aliphatic heterocycles. The van der Waals surface area contributed by atoms with E-state index in [2.05, 4.69) is 20.4 Å². The second-order valence-corrected chi connectivity index (χ2v) is 8.16. The molecule has 0 saturated heterocycles. The van der Waals surface area contributed by atoms with Gasteiger partial charge in [-0.05, 0) is 43.2 Å². The van der Waals surface area contributed by atoms with Gasteiger partial charge in [-0.15, -0.1) is 0 Å². The number of hydrogen-bond acceptors (Lipinski definition) is 7. The highest BCUT2D eigenvalue weighted by molar-refractivity contribution is 7.98. The maximum absolute atomic E-state index is 12.2. The second-order valence-electron chi connectivity index (χ2n) is 6.82. The number of hydrogen-bond donors (Lipinski definition) is 1. The molecule has 30 heavy (non-hydrogen) atoms. The van der Waals surface area contributed by atoms with Crippen molar-refractivity contribution in [3.63, 3.8) is 0 Å². The minimum Gasteiger partial charge on any atom is -0.431 e. The van der Waals surface area contributed by atoms with Crippen molar-refractivity contribution in [1.29, 1.82) is 0 Å². The zero-order valence-electron chi connectivity index (χ0n) is 16.4. The average molecular weight is 443 g/mol. The highest BCUT2D eigenvalue weighted by Crippen LogP contribution is 2.27. The summed E-state index contributed by atoms with van der Waals surface area (Å²) in [5, 5.41) is 7.85. The summed E-state index contributed by atoms with van der Waals surface area (Å²) in [7, 11) is 0. The van der Waals surface area contributed by atoms with Crippen LogP contribution in [0.1, 0.15) is 29.3 Å². The molecular weight excluding hydrogens is 424 g/mol. The number of aromatic nitrogens is 3. The van der Waals surface area contributed by atoms with Crippen LogP contribution in [-0.2, 0) is 17.0 Å². The van der Waals surface area contributed by atoms with Gasteiger partial charge in [0.1, 0.15) is 5.52 Å². The predicted molar refractivity (Wildman–Crippen MR) is 116 cm³/mol. The lowest BCUT2D eigenvalue weighted by molar-refractivity contribution is -0.116. The van der Waals surface area contributed by atoms with Crippen LogP contribution in [0, 0.1) is 13.8 Å². The molecule has 0 unspecified atom stereocenters. The standard InChI is InChI=1S/C21H19ClN4O3S/c1-12-6-7-16-15(10-12)23-21(28-16)30-11-17-24-19(29-26-17)9-8-18(27)25-20-13(2)4-3-5-14(20)22/h3-7,10H,8-9,11H2,1-2H3,(H,25,27). The molecule has 0 atom stereocenters. The monoisotopic (exact) mass is 442 g/mol. The number of carbonyl (C=O) groups is 1. The molecule has 1 N–H and O–H groups in total. The first-order chi connectivity index (χ1) is 14.5. The lowest BCUT2D eigenvalue weighted by atomic mass is 10.2. The molecular formula is C21H19ClN4O3S. The first-order valence-corrected chi connectivity index (χ1v) is 10.7. The molecule has 0 aliphatic rings. The average Bonchev–Trinajstić information content (AvgIpc) is 3.33. The van der Waals surface area contributed by atoms with E-state index in [1.54, 1.807) is 6.07 Å². The molecule has 2 aromatic carbocycles. The quantitative estimate of drug-likeness (QED) is 0.386. The fraction of sp³-hybridized carbons (Fsp3) is 0.238. The number of nitrogens with zero attached hydrogens (tertiary/aromatic N) is 3. The van der Waals surface area contributed by atoms with Crippen molar-refractivity contribution < 1.29 is 13.7 Å². The van der Waals surface area contributed by atoms with Crippen LogP contribution in [0.15, 0.2) is 50.6 Å². The molecule has 4 aromatic rings. The van der Waals surface area contributed by atoms with Gasteiger partial charge in [0.2, 0.25) is 11.8 Å². The van der Waals surface area contributed by atoms with Crippen molar-refractivity contribution in [2.75, 3.05) is 5.32 Å².